The summed E-state index contributed by atoms with van der Waals surface area (Å²) in [6.45, 7) is 5.69. The second-order valence-electron chi connectivity index (χ2n) is 5.24. The van der Waals surface area contributed by atoms with Gasteiger partial charge >= 0.3 is 6.03 Å². The van der Waals surface area contributed by atoms with Crippen molar-refractivity contribution in [3.05, 3.63) is 27.6 Å². The summed E-state index contributed by atoms with van der Waals surface area (Å²) in [5.74, 6) is 0.823. The van der Waals surface area contributed by atoms with Crippen LogP contribution in [0.25, 0.3) is 0 Å². The van der Waals surface area contributed by atoms with Gasteiger partial charge in [-0.2, -0.15) is 0 Å². The van der Waals surface area contributed by atoms with Gasteiger partial charge in [0, 0.05) is 24.9 Å². The first-order chi connectivity index (χ1) is 11.2. The minimum atomic E-state index is -0.276. The Balaban J connectivity index is 1.59. The molecule has 0 aliphatic carbocycles. The number of aromatic nitrogens is 2. The zero-order valence-electron chi connectivity index (χ0n) is 13.3. The SMILES string of the molecule is CCc1noc(CC)c1CNC(=O)Nc1nc2c(s1)COCC2. The molecule has 124 valence electrons. The van der Waals surface area contributed by atoms with E-state index in [9.17, 15) is 4.79 Å². The Labute approximate surface area is 138 Å². The average molecular weight is 336 g/mol. The molecule has 3 heterocycles. The highest BCUT2D eigenvalue weighted by molar-refractivity contribution is 7.15. The number of hydrogen-bond acceptors (Lipinski definition) is 6. The molecule has 7 nitrogen and oxygen atoms in total. The molecular formula is C15H20N4O3S. The third-order valence-corrected chi connectivity index (χ3v) is 4.73. The van der Waals surface area contributed by atoms with Crippen LogP contribution in [0.3, 0.4) is 0 Å². The lowest BCUT2D eigenvalue weighted by atomic mass is 10.1. The van der Waals surface area contributed by atoms with Crippen molar-refractivity contribution in [3.8, 4) is 0 Å². The summed E-state index contributed by atoms with van der Waals surface area (Å²) in [5.41, 5.74) is 2.89. The number of aryl methyl sites for hydroxylation is 2. The minimum absolute atomic E-state index is 0.276. The van der Waals surface area contributed by atoms with E-state index >= 15 is 0 Å². The van der Waals surface area contributed by atoms with Crippen molar-refractivity contribution in [2.24, 2.45) is 0 Å². The van der Waals surface area contributed by atoms with Gasteiger partial charge in [-0.05, 0) is 6.42 Å². The van der Waals surface area contributed by atoms with E-state index in [1.165, 1.54) is 11.3 Å². The number of carbonyl (C=O) groups is 1. The van der Waals surface area contributed by atoms with Crippen LogP contribution in [0.1, 0.15) is 41.4 Å². The fourth-order valence-electron chi connectivity index (χ4n) is 2.53. The Hall–Kier alpha value is -1.93. The van der Waals surface area contributed by atoms with Crippen molar-refractivity contribution >= 4 is 22.5 Å². The van der Waals surface area contributed by atoms with Gasteiger partial charge in [-0.1, -0.05) is 30.3 Å². The van der Waals surface area contributed by atoms with Crippen molar-refractivity contribution in [1.82, 2.24) is 15.5 Å². The van der Waals surface area contributed by atoms with Crippen LogP contribution in [0, 0.1) is 0 Å². The zero-order valence-corrected chi connectivity index (χ0v) is 14.1. The van der Waals surface area contributed by atoms with Crippen molar-refractivity contribution in [1.29, 1.82) is 0 Å². The van der Waals surface area contributed by atoms with E-state index in [2.05, 4.69) is 20.8 Å². The number of anilines is 1. The van der Waals surface area contributed by atoms with Crippen LogP contribution >= 0.6 is 11.3 Å². The maximum Gasteiger partial charge on any atom is 0.321 e. The molecule has 0 unspecified atom stereocenters. The summed E-state index contributed by atoms with van der Waals surface area (Å²) in [5, 5.41) is 10.3. The molecular weight excluding hydrogens is 316 g/mol. The zero-order chi connectivity index (χ0) is 16.2. The van der Waals surface area contributed by atoms with Gasteiger partial charge in [0.05, 0.1) is 29.5 Å². The molecule has 1 aliphatic heterocycles. The molecule has 0 radical (unpaired) electrons. The number of amides is 2. The van der Waals surface area contributed by atoms with Gasteiger partial charge in [0.1, 0.15) is 5.76 Å². The number of rotatable bonds is 5. The molecule has 0 bridgehead atoms. The number of ether oxygens (including phenoxy) is 1. The van der Waals surface area contributed by atoms with Crippen molar-refractivity contribution in [3.63, 3.8) is 0 Å². The summed E-state index contributed by atoms with van der Waals surface area (Å²) in [6, 6.07) is -0.276. The summed E-state index contributed by atoms with van der Waals surface area (Å²) >= 11 is 1.46. The number of hydrogen-bond donors (Lipinski definition) is 2. The number of carbonyl (C=O) groups excluding carboxylic acids is 1. The molecule has 3 rings (SSSR count). The summed E-state index contributed by atoms with van der Waals surface area (Å²) in [7, 11) is 0. The standard InChI is InChI=1S/C15H20N4O3S/c1-3-10-9(12(4-2)22-19-10)7-16-14(20)18-15-17-11-5-6-21-8-13(11)23-15/h3-8H2,1-2H3,(H2,16,17,18,20). The van der Waals surface area contributed by atoms with E-state index in [4.69, 9.17) is 9.26 Å². The van der Waals surface area contributed by atoms with E-state index in [1.54, 1.807) is 0 Å². The lowest BCUT2D eigenvalue weighted by molar-refractivity contribution is 0.112. The molecule has 0 spiro atoms. The van der Waals surface area contributed by atoms with Gasteiger partial charge in [-0.3, -0.25) is 5.32 Å². The number of urea groups is 1. The molecule has 2 aromatic rings. The highest BCUT2D eigenvalue weighted by Crippen LogP contribution is 2.26. The molecule has 0 saturated carbocycles. The summed E-state index contributed by atoms with van der Waals surface area (Å²) < 4.78 is 10.7. The molecule has 0 fully saturated rings. The van der Waals surface area contributed by atoms with Gasteiger partial charge in [-0.25, -0.2) is 9.78 Å². The molecule has 0 aromatic carbocycles. The van der Waals surface area contributed by atoms with Gasteiger partial charge in [0.25, 0.3) is 0 Å². The smallest absolute Gasteiger partial charge is 0.321 e. The molecule has 2 N–H and O–H groups in total. The summed E-state index contributed by atoms with van der Waals surface area (Å²) in [4.78, 5) is 17.6. The maximum absolute atomic E-state index is 12.1. The lowest BCUT2D eigenvalue weighted by Gasteiger charge is -2.08. The minimum Gasteiger partial charge on any atom is -0.375 e. The molecule has 8 heteroatoms. The highest BCUT2D eigenvalue weighted by atomic mass is 32.1. The van der Waals surface area contributed by atoms with Crippen molar-refractivity contribution in [2.45, 2.75) is 46.3 Å². The lowest BCUT2D eigenvalue weighted by Crippen LogP contribution is -2.28. The molecule has 23 heavy (non-hydrogen) atoms. The predicted molar refractivity (Wildman–Crippen MR) is 86.6 cm³/mol. The van der Waals surface area contributed by atoms with Crippen LogP contribution < -0.4 is 10.6 Å². The third kappa shape index (κ3) is 3.53. The Morgan fingerprint density at radius 1 is 1.35 bits per heavy atom. The van der Waals surface area contributed by atoms with E-state index in [0.717, 1.165) is 46.9 Å². The largest absolute Gasteiger partial charge is 0.375 e. The number of fused-ring (bicyclic) bond motifs is 1. The Bertz CT molecular complexity index is 650. The fraction of sp³-hybridized carbons (Fsp3) is 0.533. The topological polar surface area (TPSA) is 89.3 Å². The van der Waals surface area contributed by atoms with Gasteiger partial charge in [0.2, 0.25) is 0 Å². The van der Waals surface area contributed by atoms with Gasteiger partial charge in [-0.15, -0.1) is 0 Å². The summed E-state index contributed by atoms with van der Waals surface area (Å²) in [6.07, 6.45) is 2.34. The van der Waals surface area contributed by atoms with Crippen LogP contribution in [-0.2, 0) is 37.2 Å². The first-order valence-corrected chi connectivity index (χ1v) is 8.60. The number of nitrogens with zero attached hydrogens (tertiary/aromatic N) is 2. The Morgan fingerprint density at radius 2 is 2.22 bits per heavy atom. The first kappa shape index (κ1) is 15.9. The van der Waals surface area contributed by atoms with E-state index in [1.807, 2.05) is 13.8 Å². The third-order valence-electron chi connectivity index (χ3n) is 3.75. The Morgan fingerprint density at radius 3 is 2.96 bits per heavy atom. The molecule has 0 atom stereocenters. The van der Waals surface area contributed by atoms with Crippen LogP contribution in [-0.4, -0.2) is 22.8 Å². The predicted octanol–water partition coefficient (Wildman–Crippen LogP) is 2.65. The van der Waals surface area contributed by atoms with E-state index in [0.29, 0.717) is 24.9 Å². The normalized spacial score (nSPS) is 13.7. The highest BCUT2D eigenvalue weighted by Gasteiger charge is 2.18. The van der Waals surface area contributed by atoms with Crippen molar-refractivity contribution in [2.75, 3.05) is 11.9 Å². The average Bonchev–Trinajstić information content (AvgIpc) is 3.15. The second kappa shape index (κ2) is 7.10. The molecule has 1 aliphatic rings. The fourth-order valence-corrected chi connectivity index (χ4v) is 3.47. The molecule has 0 saturated heterocycles. The monoisotopic (exact) mass is 336 g/mol. The second-order valence-corrected chi connectivity index (χ2v) is 6.32. The number of nitrogens with one attached hydrogen (secondary N) is 2. The molecule has 2 aromatic heterocycles. The van der Waals surface area contributed by atoms with Crippen LogP contribution in [0.4, 0.5) is 9.93 Å². The van der Waals surface area contributed by atoms with Crippen LogP contribution in [0.5, 0.6) is 0 Å². The van der Waals surface area contributed by atoms with Crippen LogP contribution in [0.2, 0.25) is 0 Å². The first-order valence-electron chi connectivity index (χ1n) is 7.78. The molecule has 2 amide bonds. The van der Waals surface area contributed by atoms with Crippen LogP contribution in [0.15, 0.2) is 4.52 Å². The Kier molecular flexibility index (Phi) is 4.92. The van der Waals surface area contributed by atoms with E-state index in [-0.39, 0.29) is 6.03 Å². The van der Waals surface area contributed by atoms with Crippen molar-refractivity contribution < 1.29 is 14.1 Å². The van der Waals surface area contributed by atoms with Gasteiger partial charge < -0.3 is 14.6 Å². The maximum atomic E-state index is 12.1. The van der Waals surface area contributed by atoms with Gasteiger partial charge in [0.15, 0.2) is 5.13 Å². The number of thiazole rings is 1. The van der Waals surface area contributed by atoms with E-state index < -0.39 is 0 Å². The quantitative estimate of drug-likeness (QED) is 0.876.